The van der Waals surface area contributed by atoms with E-state index in [0.29, 0.717) is 24.4 Å². The van der Waals surface area contributed by atoms with E-state index < -0.39 is 0 Å². The molecule has 0 fully saturated rings. The zero-order chi connectivity index (χ0) is 21.9. The maximum absolute atomic E-state index is 13.1. The second-order valence-electron chi connectivity index (χ2n) is 8.05. The molecule has 0 saturated carbocycles. The number of fused-ring (bicyclic) bond motifs is 2. The molecule has 0 N–H and O–H groups in total. The Morgan fingerprint density at radius 1 is 0.844 bits per heavy atom. The Morgan fingerprint density at radius 3 is 2.41 bits per heavy atom. The fourth-order valence-corrected chi connectivity index (χ4v) is 4.30. The summed E-state index contributed by atoms with van der Waals surface area (Å²) in [5.41, 5.74) is 3.97. The first kappa shape index (κ1) is 20.1. The zero-order valence-electron chi connectivity index (χ0n) is 17.7. The summed E-state index contributed by atoms with van der Waals surface area (Å²) >= 11 is 0. The third-order valence-electron chi connectivity index (χ3n) is 5.99. The molecule has 1 aliphatic rings. The fraction of sp³-hybridized carbons (Fsp3) is 0.185. The number of amides is 1. The molecule has 0 radical (unpaired) electrons. The van der Waals surface area contributed by atoms with Gasteiger partial charge in [-0.1, -0.05) is 60.7 Å². The standard InChI is InChI=1S/C27H24N2O3/c30-26(19-32-22-10-2-1-3-11-22)24-17-29(25-13-7-6-12-23(24)25)18-27(31)28-15-14-20-8-4-5-9-21(20)16-28/h1-13,17H,14-16,18-19H2. The number of hydrogen-bond donors (Lipinski definition) is 0. The summed E-state index contributed by atoms with van der Waals surface area (Å²) in [6.45, 7) is 1.50. The molecule has 0 saturated heterocycles. The molecule has 5 nitrogen and oxygen atoms in total. The number of rotatable bonds is 6. The van der Waals surface area contributed by atoms with Gasteiger partial charge in [-0.15, -0.1) is 0 Å². The Bertz CT molecular complexity index is 1280. The van der Waals surface area contributed by atoms with Crippen LogP contribution in [0.1, 0.15) is 21.5 Å². The van der Waals surface area contributed by atoms with Crippen molar-refractivity contribution >= 4 is 22.6 Å². The van der Waals surface area contributed by atoms with Crippen LogP contribution in [0, 0.1) is 0 Å². The molecule has 5 heteroatoms. The monoisotopic (exact) mass is 424 g/mol. The summed E-state index contributed by atoms with van der Waals surface area (Å²) in [6.07, 6.45) is 2.66. The molecular formula is C27H24N2O3. The number of hydrogen-bond acceptors (Lipinski definition) is 3. The minimum atomic E-state index is -0.108. The minimum Gasteiger partial charge on any atom is -0.485 e. The smallest absolute Gasteiger partial charge is 0.242 e. The van der Waals surface area contributed by atoms with Crippen LogP contribution in [0.3, 0.4) is 0 Å². The zero-order valence-corrected chi connectivity index (χ0v) is 17.7. The first-order valence-corrected chi connectivity index (χ1v) is 10.8. The van der Waals surface area contributed by atoms with Gasteiger partial charge in [0.15, 0.2) is 6.61 Å². The van der Waals surface area contributed by atoms with Gasteiger partial charge in [-0.05, 0) is 35.7 Å². The number of ether oxygens (including phenoxy) is 1. The van der Waals surface area contributed by atoms with E-state index in [1.54, 1.807) is 6.20 Å². The number of carbonyl (C=O) groups is 2. The molecule has 3 aromatic carbocycles. The van der Waals surface area contributed by atoms with Crippen LogP contribution in [0.25, 0.3) is 10.9 Å². The van der Waals surface area contributed by atoms with Crippen molar-refractivity contribution in [3.8, 4) is 5.75 Å². The van der Waals surface area contributed by atoms with E-state index in [0.717, 1.165) is 17.3 Å². The average Bonchev–Trinajstić information content (AvgIpc) is 3.21. The molecule has 1 aromatic heterocycles. The first-order chi connectivity index (χ1) is 15.7. The molecule has 4 aromatic rings. The van der Waals surface area contributed by atoms with Crippen molar-refractivity contribution < 1.29 is 14.3 Å². The number of carbonyl (C=O) groups excluding carboxylic acids is 2. The third kappa shape index (κ3) is 4.02. The number of aromatic nitrogens is 1. The van der Waals surface area contributed by atoms with Crippen LogP contribution in [0.2, 0.25) is 0 Å². The summed E-state index contributed by atoms with van der Waals surface area (Å²) in [4.78, 5) is 27.9. The highest BCUT2D eigenvalue weighted by atomic mass is 16.5. The van der Waals surface area contributed by atoms with E-state index >= 15 is 0 Å². The number of para-hydroxylation sites is 2. The summed E-state index contributed by atoms with van der Waals surface area (Å²) in [7, 11) is 0. The van der Waals surface area contributed by atoms with E-state index in [2.05, 4.69) is 12.1 Å². The maximum Gasteiger partial charge on any atom is 0.242 e. The van der Waals surface area contributed by atoms with E-state index in [1.807, 2.05) is 76.2 Å². The number of benzene rings is 3. The highest BCUT2D eigenvalue weighted by molar-refractivity contribution is 6.09. The average molecular weight is 425 g/mol. The summed E-state index contributed by atoms with van der Waals surface area (Å²) < 4.78 is 7.54. The quantitative estimate of drug-likeness (QED) is 0.429. The first-order valence-electron chi connectivity index (χ1n) is 10.8. The largest absolute Gasteiger partial charge is 0.485 e. The summed E-state index contributed by atoms with van der Waals surface area (Å²) in [5.74, 6) is 0.605. The van der Waals surface area contributed by atoms with Crippen LogP contribution in [0.5, 0.6) is 5.75 Å². The van der Waals surface area contributed by atoms with Crippen molar-refractivity contribution in [3.63, 3.8) is 0 Å². The van der Waals surface area contributed by atoms with Crippen molar-refractivity contribution in [2.24, 2.45) is 0 Å². The van der Waals surface area contributed by atoms with Crippen molar-refractivity contribution in [3.05, 3.63) is 102 Å². The van der Waals surface area contributed by atoms with Gasteiger partial charge in [0, 0.05) is 35.8 Å². The van der Waals surface area contributed by atoms with Gasteiger partial charge in [-0.2, -0.15) is 0 Å². The minimum absolute atomic E-state index is 0.0467. The molecule has 5 rings (SSSR count). The second-order valence-corrected chi connectivity index (χ2v) is 8.05. The SMILES string of the molecule is O=C(COc1ccccc1)c1cn(CC(=O)N2CCc3ccccc3C2)c2ccccc12. The Labute approximate surface area is 186 Å². The lowest BCUT2D eigenvalue weighted by Gasteiger charge is -2.29. The predicted molar refractivity (Wildman–Crippen MR) is 124 cm³/mol. The predicted octanol–water partition coefficient (Wildman–Crippen LogP) is 4.49. The lowest BCUT2D eigenvalue weighted by atomic mass is 10.00. The van der Waals surface area contributed by atoms with Gasteiger partial charge in [0.25, 0.3) is 0 Å². The molecule has 1 aliphatic heterocycles. The topological polar surface area (TPSA) is 51.5 Å². The van der Waals surface area contributed by atoms with Crippen molar-refractivity contribution in [2.75, 3.05) is 13.2 Å². The molecule has 0 aliphatic carbocycles. The van der Waals surface area contributed by atoms with Crippen LogP contribution in [0.15, 0.2) is 85.1 Å². The highest BCUT2D eigenvalue weighted by Gasteiger charge is 2.22. The van der Waals surface area contributed by atoms with E-state index in [9.17, 15) is 9.59 Å². The molecular weight excluding hydrogens is 400 g/mol. The summed E-state index contributed by atoms with van der Waals surface area (Å²) in [6, 6.07) is 25.3. The summed E-state index contributed by atoms with van der Waals surface area (Å²) in [5, 5.41) is 0.839. The molecule has 160 valence electrons. The third-order valence-corrected chi connectivity index (χ3v) is 5.99. The maximum atomic E-state index is 13.1. The Hall–Kier alpha value is -3.86. The Morgan fingerprint density at radius 2 is 1.56 bits per heavy atom. The van der Waals surface area contributed by atoms with Gasteiger partial charge in [0.1, 0.15) is 12.3 Å². The molecule has 2 heterocycles. The Balaban J connectivity index is 1.34. The lowest BCUT2D eigenvalue weighted by Crippen LogP contribution is -2.37. The van der Waals surface area contributed by atoms with Gasteiger partial charge < -0.3 is 14.2 Å². The Kier molecular flexibility index (Phi) is 5.46. The molecule has 0 atom stereocenters. The van der Waals surface area contributed by atoms with Crippen LogP contribution in [0.4, 0.5) is 0 Å². The molecule has 0 spiro atoms. The number of Topliss-reactive ketones (excluding diaryl/α,β-unsaturated/α-hetero) is 1. The van der Waals surface area contributed by atoms with Crippen LogP contribution >= 0.6 is 0 Å². The molecule has 32 heavy (non-hydrogen) atoms. The van der Waals surface area contributed by atoms with Gasteiger partial charge >= 0.3 is 0 Å². The van der Waals surface area contributed by atoms with Gasteiger partial charge in [0.05, 0.1) is 0 Å². The highest BCUT2D eigenvalue weighted by Crippen LogP contribution is 2.24. The second kappa shape index (κ2) is 8.71. The van der Waals surface area contributed by atoms with E-state index in [-0.39, 0.29) is 24.8 Å². The van der Waals surface area contributed by atoms with Crippen molar-refractivity contribution in [2.45, 2.75) is 19.5 Å². The number of nitrogens with zero attached hydrogens (tertiary/aromatic N) is 2. The number of ketones is 1. The lowest BCUT2D eigenvalue weighted by molar-refractivity contribution is -0.132. The van der Waals surface area contributed by atoms with Crippen molar-refractivity contribution in [1.82, 2.24) is 9.47 Å². The van der Waals surface area contributed by atoms with E-state index in [1.165, 1.54) is 11.1 Å². The molecule has 1 amide bonds. The molecule has 0 unspecified atom stereocenters. The van der Waals surface area contributed by atoms with Gasteiger partial charge in [-0.25, -0.2) is 0 Å². The molecule has 0 bridgehead atoms. The fourth-order valence-electron chi connectivity index (χ4n) is 4.30. The van der Waals surface area contributed by atoms with Crippen molar-refractivity contribution in [1.29, 1.82) is 0 Å². The van der Waals surface area contributed by atoms with E-state index in [4.69, 9.17) is 4.74 Å². The van der Waals surface area contributed by atoms with Crippen LogP contribution < -0.4 is 4.74 Å². The van der Waals surface area contributed by atoms with Crippen LogP contribution in [-0.4, -0.2) is 34.3 Å². The van der Waals surface area contributed by atoms with Gasteiger partial charge in [0.2, 0.25) is 11.7 Å². The normalized spacial score (nSPS) is 13.1. The van der Waals surface area contributed by atoms with Gasteiger partial charge in [-0.3, -0.25) is 9.59 Å². The van der Waals surface area contributed by atoms with Crippen LogP contribution in [-0.2, 0) is 24.3 Å².